The summed E-state index contributed by atoms with van der Waals surface area (Å²) in [5.41, 5.74) is 1.44. The van der Waals surface area contributed by atoms with Gasteiger partial charge in [-0.05, 0) is 56.5 Å². The Hall–Kier alpha value is -2.71. The Kier molecular flexibility index (Phi) is 7.46. The van der Waals surface area contributed by atoms with Gasteiger partial charge in [0, 0.05) is 18.7 Å². The molecule has 1 fully saturated rings. The Balaban J connectivity index is 1.89. The summed E-state index contributed by atoms with van der Waals surface area (Å²) in [7, 11) is -3.68. The molecule has 7 nitrogen and oxygen atoms in total. The van der Waals surface area contributed by atoms with Crippen molar-refractivity contribution in [2.24, 2.45) is 0 Å². The van der Waals surface area contributed by atoms with E-state index in [-0.39, 0.29) is 22.6 Å². The third-order valence-corrected chi connectivity index (χ3v) is 7.22. The molecule has 8 heteroatoms. The first kappa shape index (κ1) is 23.0. The maximum Gasteiger partial charge on any atom is 0.340 e. The molecule has 31 heavy (non-hydrogen) atoms. The van der Waals surface area contributed by atoms with Crippen LogP contribution in [0.1, 0.15) is 58.9 Å². The van der Waals surface area contributed by atoms with Crippen molar-refractivity contribution in [1.29, 1.82) is 0 Å². The zero-order chi connectivity index (χ0) is 22.4. The van der Waals surface area contributed by atoms with Crippen molar-refractivity contribution >= 4 is 27.6 Å². The Morgan fingerprint density at radius 1 is 1.00 bits per heavy atom. The van der Waals surface area contributed by atoms with Crippen LogP contribution in [0.15, 0.2) is 47.4 Å². The number of hydrogen-bond donors (Lipinski definition) is 1. The van der Waals surface area contributed by atoms with Crippen molar-refractivity contribution in [3.63, 3.8) is 0 Å². The van der Waals surface area contributed by atoms with Gasteiger partial charge in [0.2, 0.25) is 10.0 Å². The summed E-state index contributed by atoms with van der Waals surface area (Å²) in [6.07, 6.45) is 3.72. The summed E-state index contributed by atoms with van der Waals surface area (Å²) in [6.45, 7) is 4.65. The number of carbonyl (C=O) groups excluding carboxylic acids is 2. The molecule has 1 aliphatic rings. The van der Waals surface area contributed by atoms with Crippen LogP contribution in [0.25, 0.3) is 0 Å². The van der Waals surface area contributed by atoms with Crippen LogP contribution in [0.4, 0.5) is 5.69 Å². The highest BCUT2D eigenvalue weighted by Crippen LogP contribution is 2.24. The molecular formula is C23H28N2O5S. The number of sulfonamides is 1. The number of amides is 1. The van der Waals surface area contributed by atoms with Crippen LogP contribution in [0.3, 0.4) is 0 Å². The Morgan fingerprint density at radius 2 is 1.68 bits per heavy atom. The molecule has 0 aromatic heterocycles. The smallest absolute Gasteiger partial charge is 0.340 e. The van der Waals surface area contributed by atoms with Gasteiger partial charge >= 0.3 is 5.97 Å². The normalized spacial score (nSPS) is 15.2. The third kappa shape index (κ3) is 5.32. The number of nitrogens with one attached hydrogen (secondary N) is 1. The molecule has 2 aromatic carbocycles. The van der Waals surface area contributed by atoms with Crippen LogP contribution in [0, 0.1) is 6.92 Å². The minimum Gasteiger partial charge on any atom is -0.462 e. The highest BCUT2D eigenvalue weighted by molar-refractivity contribution is 7.89. The van der Waals surface area contributed by atoms with E-state index >= 15 is 0 Å². The maximum atomic E-state index is 13.1. The summed E-state index contributed by atoms with van der Waals surface area (Å²) >= 11 is 0. The van der Waals surface area contributed by atoms with E-state index in [9.17, 15) is 18.0 Å². The standard InChI is InChI=1S/C23H28N2O5S/c1-3-30-23(27)19-10-6-7-11-21(19)24-22(26)20-16-18(13-12-17(20)2)31(28,29)25-14-8-4-5-9-15-25/h6-7,10-13,16H,3-5,8-9,14-15H2,1-2H3,(H,24,26). The van der Waals surface area contributed by atoms with Gasteiger partial charge in [-0.1, -0.05) is 31.0 Å². The lowest BCUT2D eigenvalue weighted by atomic mass is 10.1. The van der Waals surface area contributed by atoms with Crippen LogP contribution >= 0.6 is 0 Å². The number of carbonyl (C=O) groups is 2. The van der Waals surface area contributed by atoms with Gasteiger partial charge in [-0.2, -0.15) is 4.31 Å². The Bertz CT molecular complexity index is 1060. The SMILES string of the molecule is CCOC(=O)c1ccccc1NC(=O)c1cc(S(=O)(=O)N2CCCCCC2)ccc1C. The summed E-state index contributed by atoms with van der Waals surface area (Å²) in [4.78, 5) is 25.3. The fourth-order valence-corrected chi connectivity index (χ4v) is 5.15. The van der Waals surface area contributed by atoms with Crippen molar-refractivity contribution in [2.45, 2.75) is 44.4 Å². The van der Waals surface area contributed by atoms with Crippen molar-refractivity contribution in [3.8, 4) is 0 Å². The van der Waals surface area contributed by atoms with E-state index in [0.29, 0.717) is 24.3 Å². The van der Waals surface area contributed by atoms with E-state index in [1.165, 1.54) is 10.4 Å². The minimum absolute atomic E-state index is 0.101. The van der Waals surface area contributed by atoms with Gasteiger partial charge in [-0.3, -0.25) is 4.79 Å². The number of aryl methyl sites for hydroxylation is 1. The molecule has 166 valence electrons. The molecule has 1 amide bonds. The lowest BCUT2D eigenvalue weighted by Crippen LogP contribution is -2.32. The first-order valence-electron chi connectivity index (χ1n) is 10.5. The lowest BCUT2D eigenvalue weighted by Gasteiger charge is -2.20. The summed E-state index contributed by atoms with van der Waals surface area (Å²) in [5.74, 6) is -1.02. The molecule has 1 saturated heterocycles. The molecule has 0 saturated carbocycles. The van der Waals surface area contributed by atoms with Crippen molar-refractivity contribution in [1.82, 2.24) is 4.31 Å². The molecule has 2 aromatic rings. The van der Waals surface area contributed by atoms with Crippen LogP contribution in [0.2, 0.25) is 0 Å². The number of anilines is 1. The van der Waals surface area contributed by atoms with Gasteiger partial charge in [0.25, 0.3) is 5.91 Å². The van der Waals surface area contributed by atoms with Gasteiger partial charge < -0.3 is 10.1 Å². The van der Waals surface area contributed by atoms with Gasteiger partial charge in [-0.15, -0.1) is 0 Å². The molecule has 0 atom stereocenters. The predicted molar refractivity (Wildman–Crippen MR) is 119 cm³/mol. The molecule has 0 radical (unpaired) electrons. The second-order valence-electron chi connectivity index (χ2n) is 7.52. The zero-order valence-electron chi connectivity index (χ0n) is 17.9. The highest BCUT2D eigenvalue weighted by atomic mass is 32.2. The lowest BCUT2D eigenvalue weighted by molar-refractivity contribution is 0.0527. The largest absolute Gasteiger partial charge is 0.462 e. The second kappa shape index (κ2) is 10.1. The Labute approximate surface area is 183 Å². The second-order valence-corrected chi connectivity index (χ2v) is 9.45. The van der Waals surface area contributed by atoms with E-state index in [0.717, 1.165) is 25.7 Å². The number of para-hydroxylation sites is 1. The number of ether oxygens (including phenoxy) is 1. The van der Waals surface area contributed by atoms with E-state index in [2.05, 4.69) is 5.32 Å². The summed E-state index contributed by atoms with van der Waals surface area (Å²) in [6, 6.07) is 11.2. The zero-order valence-corrected chi connectivity index (χ0v) is 18.7. The topological polar surface area (TPSA) is 92.8 Å². The van der Waals surface area contributed by atoms with Crippen LogP contribution in [-0.4, -0.2) is 44.3 Å². The molecule has 0 bridgehead atoms. The summed E-state index contributed by atoms with van der Waals surface area (Å²) in [5, 5.41) is 2.73. The number of rotatable bonds is 6. The maximum absolute atomic E-state index is 13.1. The van der Waals surface area contributed by atoms with Crippen molar-refractivity contribution in [2.75, 3.05) is 25.0 Å². The number of benzene rings is 2. The Morgan fingerprint density at radius 3 is 2.35 bits per heavy atom. The first-order valence-corrected chi connectivity index (χ1v) is 12.0. The number of hydrogen-bond acceptors (Lipinski definition) is 5. The molecule has 1 heterocycles. The summed E-state index contributed by atoms with van der Waals surface area (Å²) < 4.78 is 32.8. The number of esters is 1. The van der Waals surface area contributed by atoms with Gasteiger partial charge in [0.05, 0.1) is 22.8 Å². The molecule has 3 rings (SSSR count). The molecule has 1 N–H and O–H groups in total. The van der Waals surface area contributed by atoms with Crippen LogP contribution in [-0.2, 0) is 14.8 Å². The molecule has 0 aliphatic carbocycles. The first-order chi connectivity index (χ1) is 14.8. The third-order valence-electron chi connectivity index (χ3n) is 5.33. The molecular weight excluding hydrogens is 416 g/mol. The van der Waals surface area contributed by atoms with E-state index in [1.807, 2.05) is 0 Å². The molecule has 1 aliphatic heterocycles. The van der Waals surface area contributed by atoms with Gasteiger partial charge in [-0.25, -0.2) is 13.2 Å². The van der Waals surface area contributed by atoms with E-state index in [4.69, 9.17) is 4.74 Å². The van der Waals surface area contributed by atoms with Gasteiger partial charge in [0.15, 0.2) is 0 Å². The quantitative estimate of drug-likeness (QED) is 0.680. The fourth-order valence-electron chi connectivity index (χ4n) is 3.61. The van der Waals surface area contributed by atoms with Crippen LogP contribution < -0.4 is 5.32 Å². The highest BCUT2D eigenvalue weighted by Gasteiger charge is 2.26. The van der Waals surface area contributed by atoms with Crippen molar-refractivity contribution in [3.05, 3.63) is 59.2 Å². The monoisotopic (exact) mass is 444 g/mol. The predicted octanol–water partition coefficient (Wildman–Crippen LogP) is 3.99. The van der Waals surface area contributed by atoms with E-state index in [1.54, 1.807) is 50.2 Å². The van der Waals surface area contributed by atoms with E-state index < -0.39 is 21.9 Å². The van der Waals surface area contributed by atoms with Gasteiger partial charge in [0.1, 0.15) is 0 Å². The molecule has 0 spiro atoms. The molecule has 0 unspecified atom stereocenters. The average Bonchev–Trinajstić information content (AvgIpc) is 3.04. The number of nitrogens with zero attached hydrogens (tertiary/aromatic N) is 1. The average molecular weight is 445 g/mol. The van der Waals surface area contributed by atoms with Crippen molar-refractivity contribution < 1.29 is 22.7 Å². The van der Waals surface area contributed by atoms with Crippen LogP contribution in [0.5, 0.6) is 0 Å². The fraction of sp³-hybridized carbons (Fsp3) is 0.391. The minimum atomic E-state index is -3.68.